The Hall–Kier alpha value is -2.78. The van der Waals surface area contributed by atoms with Gasteiger partial charge in [-0.3, -0.25) is 13.9 Å². The summed E-state index contributed by atoms with van der Waals surface area (Å²) in [5, 5.41) is 3.86. The number of amides is 2. The molecular formula is C30H34Cl3N3O4S. The fraction of sp³-hybridized carbons (Fsp3) is 0.333. The van der Waals surface area contributed by atoms with Crippen molar-refractivity contribution in [3.8, 4) is 0 Å². The Bertz CT molecular complexity index is 1450. The number of nitrogens with one attached hydrogen (secondary N) is 1. The van der Waals surface area contributed by atoms with E-state index in [1.165, 1.54) is 23.1 Å². The second kappa shape index (κ2) is 14.9. The molecule has 11 heteroatoms. The van der Waals surface area contributed by atoms with Crippen molar-refractivity contribution in [2.75, 3.05) is 17.4 Å². The molecule has 2 amide bonds. The number of benzene rings is 3. The summed E-state index contributed by atoms with van der Waals surface area (Å²) in [4.78, 5) is 28.8. The van der Waals surface area contributed by atoms with Crippen LogP contribution in [-0.4, -0.2) is 44.3 Å². The van der Waals surface area contributed by atoms with Crippen LogP contribution in [0.2, 0.25) is 15.1 Å². The normalized spacial score (nSPS) is 12.0. The third kappa shape index (κ3) is 8.38. The summed E-state index contributed by atoms with van der Waals surface area (Å²) in [5.41, 5.74) is 1.55. The Morgan fingerprint density at radius 1 is 0.927 bits per heavy atom. The molecule has 0 heterocycles. The van der Waals surface area contributed by atoms with Crippen LogP contribution in [0.25, 0.3) is 0 Å². The van der Waals surface area contributed by atoms with E-state index in [9.17, 15) is 18.0 Å². The zero-order chi connectivity index (χ0) is 30.2. The van der Waals surface area contributed by atoms with E-state index in [-0.39, 0.29) is 29.5 Å². The number of carbonyl (C=O) groups is 2. The minimum Gasteiger partial charge on any atom is -0.354 e. The first-order chi connectivity index (χ1) is 19.5. The first kappa shape index (κ1) is 32.7. The van der Waals surface area contributed by atoms with E-state index in [1.807, 2.05) is 13.8 Å². The van der Waals surface area contributed by atoms with Crippen LogP contribution in [0.4, 0.5) is 5.69 Å². The van der Waals surface area contributed by atoms with Gasteiger partial charge in [-0.15, -0.1) is 0 Å². The molecule has 1 unspecified atom stereocenters. The van der Waals surface area contributed by atoms with E-state index >= 15 is 0 Å². The van der Waals surface area contributed by atoms with Gasteiger partial charge in [-0.25, -0.2) is 8.42 Å². The third-order valence-corrected chi connectivity index (χ3v) is 9.32. The molecule has 1 atom stereocenters. The van der Waals surface area contributed by atoms with Gasteiger partial charge in [0.1, 0.15) is 12.6 Å². The summed E-state index contributed by atoms with van der Waals surface area (Å²) in [7, 11) is -4.20. The monoisotopic (exact) mass is 637 g/mol. The lowest BCUT2D eigenvalue weighted by Crippen LogP contribution is -2.52. The highest BCUT2D eigenvalue weighted by molar-refractivity contribution is 7.92. The molecular weight excluding hydrogens is 605 g/mol. The fourth-order valence-corrected chi connectivity index (χ4v) is 6.38. The highest BCUT2D eigenvalue weighted by Gasteiger charge is 2.34. The molecule has 0 spiro atoms. The number of nitrogens with zero attached hydrogens (tertiary/aromatic N) is 2. The van der Waals surface area contributed by atoms with Gasteiger partial charge >= 0.3 is 0 Å². The van der Waals surface area contributed by atoms with Gasteiger partial charge in [-0.2, -0.15) is 0 Å². The minimum atomic E-state index is -4.20. The van der Waals surface area contributed by atoms with E-state index in [4.69, 9.17) is 34.8 Å². The summed E-state index contributed by atoms with van der Waals surface area (Å²) >= 11 is 19.1. The number of carbonyl (C=O) groups excluding carboxylic acids is 2. The quantitative estimate of drug-likeness (QED) is 0.207. The summed E-state index contributed by atoms with van der Waals surface area (Å²) < 4.78 is 28.8. The molecule has 41 heavy (non-hydrogen) atoms. The van der Waals surface area contributed by atoms with Crippen LogP contribution in [-0.2, 0) is 26.2 Å². The van der Waals surface area contributed by atoms with Gasteiger partial charge in [-0.05, 0) is 62.2 Å². The number of halogens is 3. The molecule has 7 nitrogen and oxygen atoms in total. The molecule has 0 saturated carbocycles. The van der Waals surface area contributed by atoms with Crippen LogP contribution >= 0.6 is 34.8 Å². The first-order valence-electron chi connectivity index (χ1n) is 13.3. The van der Waals surface area contributed by atoms with Crippen molar-refractivity contribution in [3.63, 3.8) is 0 Å². The molecule has 0 radical (unpaired) electrons. The van der Waals surface area contributed by atoms with Gasteiger partial charge in [0.2, 0.25) is 11.8 Å². The number of aryl methyl sites for hydroxylation is 1. The maximum absolute atomic E-state index is 14.1. The fourth-order valence-electron chi connectivity index (χ4n) is 4.28. The SMILES string of the molecule is CCCCNC(=O)C(CC)N(Cc1c(Cl)cccc1Cl)C(=O)CN(c1cccc(Cl)c1)S(=O)(=O)c1ccc(C)cc1. The van der Waals surface area contributed by atoms with E-state index in [2.05, 4.69) is 5.32 Å². The maximum atomic E-state index is 14.1. The molecule has 3 rings (SSSR count). The molecule has 220 valence electrons. The van der Waals surface area contributed by atoms with E-state index in [1.54, 1.807) is 55.5 Å². The predicted octanol–water partition coefficient (Wildman–Crippen LogP) is 6.87. The van der Waals surface area contributed by atoms with Crippen molar-refractivity contribution in [3.05, 3.63) is 92.9 Å². The third-order valence-electron chi connectivity index (χ3n) is 6.59. The zero-order valence-corrected chi connectivity index (χ0v) is 26.3. The number of rotatable bonds is 13. The summed E-state index contributed by atoms with van der Waals surface area (Å²) in [6, 6.07) is 16.7. The second-order valence-electron chi connectivity index (χ2n) is 9.60. The molecule has 0 fully saturated rings. The van der Waals surface area contributed by atoms with E-state index in [0.29, 0.717) is 27.2 Å². The molecule has 3 aromatic rings. The molecule has 1 N–H and O–H groups in total. The molecule has 0 aliphatic carbocycles. The van der Waals surface area contributed by atoms with Crippen molar-refractivity contribution < 1.29 is 18.0 Å². The Morgan fingerprint density at radius 3 is 2.15 bits per heavy atom. The number of hydrogen-bond donors (Lipinski definition) is 1. The minimum absolute atomic E-state index is 0.0147. The van der Waals surface area contributed by atoms with Crippen molar-refractivity contribution in [2.45, 2.75) is 57.5 Å². The van der Waals surface area contributed by atoms with Crippen molar-refractivity contribution in [1.82, 2.24) is 10.2 Å². The van der Waals surface area contributed by atoms with Crippen molar-refractivity contribution >= 4 is 62.3 Å². The Morgan fingerprint density at radius 2 is 1.56 bits per heavy atom. The number of unbranched alkanes of at least 4 members (excludes halogenated alkanes) is 1. The van der Waals surface area contributed by atoms with Crippen LogP contribution in [0.3, 0.4) is 0 Å². The summed E-state index contributed by atoms with van der Waals surface area (Å²) in [5.74, 6) is -0.942. The van der Waals surface area contributed by atoms with Crippen LogP contribution in [0.5, 0.6) is 0 Å². The molecule has 0 aliphatic rings. The first-order valence-corrected chi connectivity index (χ1v) is 15.9. The standard InChI is InChI=1S/C30H34Cl3N3O4S/c1-4-6-17-34-30(38)28(5-2)35(19-25-26(32)11-8-12-27(25)33)29(37)20-36(23-10-7-9-22(31)18-23)41(39,40)24-15-13-21(3)14-16-24/h7-16,18,28H,4-6,17,19-20H2,1-3H3,(H,34,38). The topological polar surface area (TPSA) is 86.8 Å². The lowest BCUT2D eigenvalue weighted by Gasteiger charge is -2.33. The van der Waals surface area contributed by atoms with Crippen molar-refractivity contribution in [1.29, 1.82) is 0 Å². The molecule has 0 aliphatic heterocycles. The van der Waals surface area contributed by atoms with Gasteiger partial charge in [0.25, 0.3) is 10.0 Å². The lowest BCUT2D eigenvalue weighted by molar-refractivity contribution is -0.140. The summed E-state index contributed by atoms with van der Waals surface area (Å²) in [6.07, 6.45) is 1.96. The Kier molecular flexibility index (Phi) is 11.9. The number of anilines is 1. The van der Waals surface area contributed by atoms with Gasteiger partial charge in [0, 0.05) is 33.7 Å². The molecule has 0 bridgehead atoms. The van der Waals surface area contributed by atoms with Gasteiger partial charge < -0.3 is 10.2 Å². The highest BCUT2D eigenvalue weighted by Crippen LogP contribution is 2.29. The van der Waals surface area contributed by atoms with Gasteiger partial charge in [0.05, 0.1) is 10.6 Å². The van der Waals surface area contributed by atoms with Crippen molar-refractivity contribution in [2.24, 2.45) is 0 Å². The number of sulfonamides is 1. The smallest absolute Gasteiger partial charge is 0.264 e. The average Bonchev–Trinajstić information content (AvgIpc) is 2.93. The van der Waals surface area contributed by atoms with E-state index in [0.717, 1.165) is 22.7 Å². The molecule has 0 aromatic heterocycles. The molecule has 0 saturated heterocycles. The average molecular weight is 639 g/mol. The highest BCUT2D eigenvalue weighted by atomic mass is 35.5. The van der Waals surface area contributed by atoms with E-state index < -0.39 is 28.5 Å². The maximum Gasteiger partial charge on any atom is 0.264 e. The largest absolute Gasteiger partial charge is 0.354 e. The zero-order valence-electron chi connectivity index (χ0n) is 23.2. The van der Waals surface area contributed by atoms with Crippen LogP contribution < -0.4 is 9.62 Å². The van der Waals surface area contributed by atoms with Gasteiger partial charge in [-0.1, -0.05) is 84.9 Å². The summed E-state index contributed by atoms with van der Waals surface area (Å²) in [6.45, 7) is 5.43. The Balaban J connectivity index is 2.08. The second-order valence-corrected chi connectivity index (χ2v) is 12.7. The van der Waals surface area contributed by atoms with Crippen LogP contribution in [0, 0.1) is 6.92 Å². The Labute approximate surface area is 257 Å². The molecule has 3 aromatic carbocycles. The number of hydrogen-bond acceptors (Lipinski definition) is 4. The van der Waals surface area contributed by atoms with Crippen LogP contribution in [0.1, 0.15) is 44.2 Å². The van der Waals surface area contributed by atoms with Gasteiger partial charge in [0.15, 0.2) is 0 Å². The lowest BCUT2D eigenvalue weighted by atomic mass is 10.1. The van der Waals surface area contributed by atoms with Crippen LogP contribution in [0.15, 0.2) is 71.6 Å². The predicted molar refractivity (Wildman–Crippen MR) is 166 cm³/mol.